The lowest BCUT2D eigenvalue weighted by atomic mass is 10.1. The number of carbonyl (C=O) groups excluding carboxylic acids is 2. The zero-order valence-electron chi connectivity index (χ0n) is 16.1. The van der Waals surface area contributed by atoms with Gasteiger partial charge < -0.3 is 14.4 Å². The molecule has 2 saturated heterocycles. The van der Waals surface area contributed by atoms with Gasteiger partial charge in [0.1, 0.15) is 12.4 Å². The lowest BCUT2D eigenvalue weighted by Gasteiger charge is -2.37. The monoisotopic (exact) mass is 369 g/mol. The molecular formula is C20H27N5O2. The Kier molecular flexibility index (Phi) is 4.86. The van der Waals surface area contributed by atoms with Crippen LogP contribution in [0, 0.1) is 6.92 Å². The number of likely N-dealkylation sites (tertiary alicyclic amines) is 1. The second kappa shape index (κ2) is 7.31. The van der Waals surface area contributed by atoms with Gasteiger partial charge in [-0.25, -0.2) is 4.98 Å². The normalized spacial score (nSPS) is 21.2. The Hall–Kier alpha value is -2.41. The Balaban J connectivity index is 1.37. The fourth-order valence-corrected chi connectivity index (χ4v) is 4.24. The summed E-state index contributed by atoms with van der Waals surface area (Å²) >= 11 is 0. The first-order valence-corrected chi connectivity index (χ1v) is 9.73. The summed E-state index contributed by atoms with van der Waals surface area (Å²) in [6.07, 6.45) is 2.03. The van der Waals surface area contributed by atoms with Crippen molar-refractivity contribution in [1.82, 2.24) is 24.3 Å². The van der Waals surface area contributed by atoms with Crippen molar-refractivity contribution in [2.45, 2.75) is 32.4 Å². The van der Waals surface area contributed by atoms with Gasteiger partial charge >= 0.3 is 0 Å². The Morgan fingerprint density at radius 3 is 2.48 bits per heavy atom. The van der Waals surface area contributed by atoms with Crippen LogP contribution in [-0.2, 0) is 16.1 Å². The number of hydrogen-bond donors (Lipinski definition) is 0. The van der Waals surface area contributed by atoms with Gasteiger partial charge in [0, 0.05) is 26.2 Å². The Bertz CT molecular complexity index is 853. The smallest absolute Gasteiger partial charge is 0.242 e. The third kappa shape index (κ3) is 3.43. The van der Waals surface area contributed by atoms with Gasteiger partial charge in [0.15, 0.2) is 0 Å². The van der Waals surface area contributed by atoms with Crippen molar-refractivity contribution in [3.05, 3.63) is 30.1 Å². The largest absolute Gasteiger partial charge is 0.338 e. The number of benzene rings is 1. The van der Waals surface area contributed by atoms with Crippen LogP contribution in [0.1, 0.15) is 18.7 Å². The summed E-state index contributed by atoms with van der Waals surface area (Å²) in [6.45, 7) is 5.68. The number of imidazole rings is 1. The van der Waals surface area contributed by atoms with E-state index in [2.05, 4.69) is 9.88 Å². The number of piperazine rings is 1. The molecule has 1 aromatic carbocycles. The van der Waals surface area contributed by atoms with E-state index >= 15 is 0 Å². The highest BCUT2D eigenvalue weighted by Crippen LogP contribution is 2.19. The van der Waals surface area contributed by atoms with Crippen LogP contribution in [0.4, 0.5) is 0 Å². The molecule has 7 nitrogen and oxygen atoms in total. The van der Waals surface area contributed by atoms with Gasteiger partial charge in [0.25, 0.3) is 0 Å². The number of nitrogens with zero attached hydrogens (tertiary/aromatic N) is 5. The molecule has 0 bridgehead atoms. The lowest BCUT2D eigenvalue weighted by Crippen LogP contribution is -2.54. The average molecular weight is 369 g/mol. The highest BCUT2D eigenvalue weighted by atomic mass is 16.2. The standard InChI is InChI=1S/C20H27N5O2/c1-15-21-16-6-3-4-7-17(16)25(15)14-19(26)23-10-12-24(13-11-23)20(27)18-8-5-9-22(18)2/h3-4,6-7,18H,5,8-14H2,1-2H3. The molecule has 2 fully saturated rings. The Morgan fingerprint density at radius 2 is 1.78 bits per heavy atom. The van der Waals surface area contributed by atoms with Crippen molar-refractivity contribution in [3.8, 4) is 0 Å². The molecule has 144 valence electrons. The zero-order chi connectivity index (χ0) is 19.0. The maximum absolute atomic E-state index is 12.8. The minimum Gasteiger partial charge on any atom is -0.338 e. The van der Waals surface area contributed by atoms with Gasteiger partial charge in [-0.05, 0) is 45.5 Å². The molecule has 0 spiro atoms. The van der Waals surface area contributed by atoms with Crippen molar-refractivity contribution in [2.75, 3.05) is 39.8 Å². The first-order chi connectivity index (χ1) is 13.0. The van der Waals surface area contributed by atoms with Gasteiger partial charge in [-0.3, -0.25) is 14.5 Å². The molecule has 1 unspecified atom stereocenters. The molecule has 1 atom stereocenters. The molecular weight excluding hydrogens is 342 g/mol. The molecule has 7 heteroatoms. The summed E-state index contributed by atoms with van der Waals surface area (Å²) < 4.78 is 1.97. The molecule has 4 rings (SSSR count). The van der Waals surface area contributed by atoms with E-state index in [1.165, 1.54) is 0 Å². The summed E-state index contributed by atoms with van der Waals surface area (Å²) in [4.78, 5) is 36.0. The maximum atomic E-state index is 12.8. The van der Waals surface area contributed by atoms with E-state index in [9.17, 15) is 9.59 Å². The fraction of sp³-hybridized carbons (Fsp3) is 0.550. The third-order valence-corrected chi connectivity index (χ3v) is 5.89. The van der Waals surface area contributed by atoms with Gasteiger partial charge in [-0.15, -0.1) is 0 Å². The summed E-state index contributed by atoms with van der Waals surface area (Å²) in [5.74, 6) is 1.16. The topological polar surface area (TPSA) is 61.7 Å². The predicted octanol–water partition coefficient (Wildman–Crippen LogP) is 1.11. The van der Waals surface area contributed by atoms with Crippen LogP contribution in [0.25, 0.3) is 11.0 Å². The molecule has 0 aliphatic carbocycles. The van der Waals surface area contributed by atoms with Crippen LogP contribution < -0.4 is 0 Å². The zero-order valence-corrected chi connectivity index (χ0v) is 16.1. The fourth-order valence-electron chi connectivity index (χ4n) is 4.24. The number of amides is 2. The van der Waals surface area contributed by atoms with Gasteiger partial charge in [0.2, 0.25) is 11.8 Å². The minimum atomic E-state index is 0.0206. The summed E-state index contributed by atoms with van der Waals surface area (Å²) in [7, 11) is 2.02. The number of likely N-dealkylation sites (N-methyl/N-ethyl adjacent to an activating group) is 1. The number of fused-ring (bicyclic) bond motifs is 1. The van der Waals surface area contributed by atoms with Crippen molar-refractivity contribution >= 4 is 22.8 Å². The first-order valence-electron chi connectivity index (χ1n) is 9.73. The van der Waals surface area contributed by atoms with Gasteiger partial charge in [-0.2, -0.15) is 0 Å². The number of carbonyl (C=O) groups is 2. The molecule has 0 radical (unpaired) electrons. The van der Waals surface area contributed by atoms with E-state index in [1.54, 1.807) is 0 Å². The Labute approximate surface area is 159 Å². The third-order valence-electron chi connectivity index (χ3n) is 5.89. The number of hydrogen-bond acceptors (Lipinski definition) is 4. The molecule has 27 heavy (non-hydrogen) atoms. The first kappa shape index (κ1) is 18.0. The molecule has 2 aliphatic heterocycles. The van der Waals surface area contributed by atoms with Crippen LogP contribution in [0.15, 0.2) is 24.3 Å². The second-order valence-electron chi connectivity index (χ2n) is 7.58. The minimum absolute atomic E-state index is 0.0206. The molecule has 0 saturated carbocycles. The SMILES string of the molecule is Cc1nc2ccccc2n1CC(=O)N1CCN(C(=O)C2CCCN2C)CC1. The summed E-state index contributed by atoms with van der Waals surface area (Å²) in [6, 6.07) is 7.91. The van der Waals surface area contributed by atoms with Gasteiger partial charge in [-0.1, -0.05) is 12.1 Å². The molecule has 0 N–H and O–H groups in total. The van der Waals surface area contributed by atoms with Crippen LogP contribution >= 0.6 is 0 Å². The van der Waals surface area contributed by atoms with E-state index in [4.69, 9.17) is 0 Å². The van der Waals surface area contributed by atoms with Crippen LogP contribution in [0.5, 0.6) is 0 Å². The number of rotatable bonds is 3. The van der Waals surface area contributed by atoms with E-state index in [-0.39, 0.29) is 17.9 Å². The average Bonchev–Trinajstić information content (AvgIpc) is 3.24. The van der Waals surface area contributed by atoms with Crippen molar-refractivity contribution in [2.24, 2.45) is 0 Å². The number of aryl methyl sites for hydroxylation is 1. The van der Waals surface area contributed by atoms with Crippen molar-refractivity contribution in [1.29, 1.82) is 0 Å². The van der Waals surface area contributed by atoms with E-state index < -0.39 is 0 Å². The van der Waals surface area contributed by atoms with Crippen molar-refractivity contribution in [3.63, 3.8) is 0 Å². The summed E-state index contributed by atoms with van der Waals surface area (Å²) in [5.41, 5.74) is 1.90. The highest BCUT2D eigenvalue weighted by molar-refractivity contribution is 5.83. The van der Waals surface area contributed by atoms with E-state index in [1.807, 2.05) is 52.6 Å². The molecule has 2 aromatic rings. The Morgan fingerprint density at radius 1 is 1.07 bits per heavy atom. The van der Waals surface area contributed by atoms with E-state index in [0.29, 0.717) is 32.7 Å². The molecule has 1 aromatic heterocycles. The molecule has 3 heterocycles. The second-order valence-corrected chi connectivity index (χ2v) is 7.58. The van der Waals surface area contributed by atoms with Gasteiger partial charge in [0.05, 0.1) is 17.1 Å². The highest BCUT2D eigenvalue weighted by Gasteiger charge is 2.33. The van der Waals surface area contributed by atoms with Crippen LogP contribution in [0.3, 0.4) is 0 Å². The lowest BCUT2D eigenvalue weighted by molar-refractivity contribution is -0.142. The maximum Gasteiger partial charge on any atom is 0.242 e. The molecule has 2 aliphatic rings. The predicted molar refractivity (Wildman–Crippen MR) is 103 cm³/mol. The number of aromatic nitrogens is 2. The van der Waals surface area contributed by atoms with Crippen LogP contribution in [-0.4, -0.2) is 81.9 Å². The number of para-hydroxylation sites is 2. The quantitative estimate of drug-likeness (QED) is 0.813. The summed E-state index contributed by atoms with van der Waals surface area (Å²) in [5, 5.41) is 0. The van der Waals surface area contributed by atoms with E-state index in [0.717, 1.165) is 36.2 Å². The van der Waals surface area contributed by atoms with Crippen molar-refractivity contribution < 1.29 is 9.59 Å². The van der Waals surface area contributed by atoms with Crippen LogP contribution in [0.2, 0.25) is 0 Å². The molecule has 2 amide bonds.